The number of likely N-dealkylation sites (tertiary alicyclic amines) is 1. The lowest BCUT2D eigenvalue weighted by atomic mass is 10.0. The summed E-state index contributed by atoms with van der Waals surface area (Å²) in [5, 5.41) is 20.0. The van der Waals surface area contributed by atoms with E-state index in [1.54, 1.807) is 6.20 Å². The molecule has 8 heteroatoms. The van der Waals surface area contributed by atoms with Gasteiger partial charge in [-0.05, 0) is 33.0 Å². The van der Waals surface area contributed by atoms with Gasteiger partial charge in [-0.15, -0.1) is 5.10 Å². The Bertz CT molecular complexity index is 716. The van der Waals surface area contributed by atoms with Crippen molar-refractivity contribution in [2.24, 2.45) is 0 Å². The zero-order chi connectivity index (χ0) is 16.9. The molecule has 0 atom stereocenters. The molecule has 0 aliphatic carbocycles. The number of piperidine rings is 1. The van der Waals surface area contributed by atoms with Gasteiger partial charge in [-0.3, -0.25) is 0 Å². The summed E-state index contributed by atoms with van der Waals surface area (Å²) >= 11 is 0. The number of anilines is 3. The molecule has 1 aliphatic heterocycles. The second-order valence-electron chi connectivity index (χ2n) is 5.97. The lowest BCUT2D eigenvalue weighted by Crippen LogP contribution is -2.42. The normalized spacial score (nSPS) is 15.7. The number of nitriles is 1. The van der Waals surface area contributed by atoms with Crippen LogP contribution < -0.4 is 10.2 Å². The highest BCUT2D eigenvalue weighted by Gasteiger charge is 2.21. The quantitative estimate of drug-likeness (QED) is 0.902. The summed E-state index contributed by atoms with van der Waals surface area (Å²) in [7, 11) is 4.25. The lowest BCUT2D eigenvalue weighted by molar-refractivity contribution is 0.253. The third-order valence-corrected chi connectivity index (χ3v) is 4.31. The molecule has 1 N–H and O–H groups in total. The maximum Gasteiger partial charge on any atom is 0.158 e. The molecule has 124 valence electrons. The monoisotopic (exact) mass is 324 g/mol. The Kier molecular flexibility index (Phi) is 4.82. The Morgan fingerprint density at radius 1 is 1.21 bits per heavy atom. The van der Waals surface area contributed by atoms with Crippen molar-refractivity contribution >= 4 is 17.3 Å². The molecule has 0 saturated carbocycles. The van der Waals surface area contributed by atoms with E-state index in [0.717, 1.165) is 31.6 Å². The molecule has 2 aromatic rings. The van der Waals surface area contributed by atoms with Crippen LogP contribution in [0.1, 0.15) is 18.5 Å². The Balaban J connectivity index is 1.70. The van der Waals surface area contributed by atoms with E-state index in [9.17, 15) is 0 Å². The predicted octanol–water partition coefficient (Wildman–Crippen LogP) is 1.41. The number of aromatic nitrogens is 4. The first kappa shape index (κ1) is 16.1. The van der Waals surface area contributed by atoms with E-state index >= 15 is 0 Å². The third-order valence-electron chi connectivity index (χ3n) is 4.31. The molecule has 3 heterocycles. The van der Waals surface area contributed by atoms with Gasteiger partial charge in [-0.2, -0.15) is 10.4 Å². The van der Waals surface area contributed by atoms with Crippen LogP contribution in [0, 0.1) is 11.3 Å². The average Bonchev–Trinajstić information content (AvgIpc) is 2.63. The molecule has 2 aromatic heterocycles. The maximum absolute atomic E-state index is 8.75. The minimum atomic E-state index is 0.280. The van der Waals surface area contributed by atoms with Crippen molar-refractivity contribution in [3.8, 4) is 6.07 Å². The fourth-order valence-electron chi connectivity index (χ4n) is 2.79. The van der Waals surface area contributed by atoms with Crippen LogP contribution >= 0.6 is 0 Å². The van der Waals surface area contributed by atoms with Gasteiger partial charge >= 0.3 is 0 Å². The van der Waals surface area contributed by atoms with E-state index in [2.05, 4.69) is 49.4 Å². The smallest absolute Gasteiger partial charge is 0.158 e. The minimum Gasteiger partial charge on any atom is -0.370 e. The largest absolute Gasteiger partial charge is 0.370 e. The van der Waals surface area contributed by atoms with E-state index < -0.39 is 0 Å². The first-order valence-corrected chi connectivity index (χ1v) is 7.89. The minimum absolute atomic E-state index is 0.280. The van der Waals surface area contributed by atoms with Crippen molar-refractivity contribution < 1.29 is 0 Å². The SMILES string of the molecule is CN1CCC(N(C)c2cnnc(Nc3cnc(C#N)cn3)c2)CC1. The van der Waals surface area contributed by atoms with Gasteiger partial charge in [0.25, 0.3) is 0 Å². The van der Waals surface area contributed by atoms with Gasteiger partial charge in [0.05, 0.1) is 24.3 Å². The highest BCUT2D eigenvalue weighted by Crippen LogP contribution is 2.23. The fourth-order valence-corrected chi connectivity index (χ4v) is 2.79. The van der Waals surface area contributed by atoms with Gasteiger partial charge in [0.15, 0.2) is 11.5 Å². The number of nitrogens with zero attached hydrogens (tertiary/aromatic N) is 7. The van der Waals surface area contributed by atoms with Crippen molar-refractivity contribution in [3.05, 3.63) is 30.4 Å². The zero-order valence-electron chi connectivity index (χ0n) is 13.8. The van der Waals surface area contributed by atoms with Crippen molar-refractivity contribution in [3.63, 3.8) is 0 Å². The van der Waals surface area contributed by atoms with Gasteiger partial charge in [-0.25, -0.2) is 9.97 Å². The second kappa shape index (κ2) is 7.19. The summed E-state index contributed by atoms with van der Waals surface area (Å²) < 4.78 is 0. The van der Waals surface area contributed by atoms with Gasteiger partial charge in [0.1, 0.15) is 11.9 Å². The standard InChI is InChI=1S/C16H20N8/c1-23-5-3-13(4-6-23)24(2)14-7-15(22-20-10-14)21-16-11-18-12(8-17)9-19-16/h7,9-11,13H,3-6H2,1-2H3,(H,19,21,22). The molecule has 0 radical (unpaired) electrons. The number of rotatable bonds is 4. The first-order chi connectivity index (χ1) is 11.7. The molecule has 1 aliphatic rings. The summed E-state index contributed by atoms with van der Waals surface area (Å²) in [4.78, 5) is 12.7. The highest BCUT2D eigenvalue weighted by atomic mass is 15.2. The van der Waals surface area contributed by atoms with Crippen LogP contribution in [-0.4, -0.2) is 58.3 Å². The van der Waals surface area contributed by atoms with Crippen LogP contribution in [0.2, 0.25) is 0 Å². The third kappa shape index (κ3) is 3.75. The average molecular weight is 324 g/mol. The molecule has 0 amide bonds. The molecule has 1 saturated heterocycles. The van der Waals surface area contributed by atoms with Crippen LogP contribution in [0.5, 0.6) is 0 Å². The summed E-state index contributed by atoms with van der Waals surface area (Å²) in [6, 6.07) is 4.40. The van der Waals surface area contributed by atoms with Crippen LogP contribution in [0.25, 0.3) is 0 Å². The van der Waals surface area contributed by atoms with Crippen LogP contribution in [0.15, 0.2) is 24.7 Å². The summed E-state index contributed by atoms with van der Waals surface area (Å²) in [6.45, 7) is 2.22. The van der Waals surface area contributed by atoms with Crippen LogP contribution in [0.4, 0.5) is 17.3 Å². The predicted molar refractivity (Wildman–Crippen MR) is 91.0 cm³/mol. The Hall–Kier alpha value is -2.79. The van der Waals surface area contributed by atoms with Crippen LogP contribution in [0.3, 0.4) is 0 Å². The topological polar surface area (TPSA) is 93.9 Å². The lowest BCUT2D eigenvalue weighted by Gasteiger charge is -2.36. The number of nitrogens with one attached hydrogen (secondary N) is 1. The van der Waals surface area contributed by atoms with E-state index in [1.807, 2.05) is 12.1 Å². The first-order valence-electron chi connectivity index (χ1n) is 7.89. The molecule has 0 bridgehead atoms. The number of hydrogen-bond donors (Lipinski definition) is 1. The van der Waals surface area contributed by atoms with Gasteiger partial charge in [0, 0.05) is 19.2 Å². The molecule has 1 fully saturated rings. The molecular weight excluding hydrogens is 304 g/mol. The summed E-state index contributed by atoms with van der Waals surface area (Å²) in [5.41, 5.74) is 1.30. The Labute approximate surface area is 141 Å². The molecule has 0 spiro atoms. The molecule has 0 unspecified atom stereocenters. The van der Waals surface area contributed by atoms with Crippen molar-refractivity contribution in [2.75, 3.05) is 37.4 Å². The Morgan fingerprint density at radius 3 is 2.67 bits per heavy atom. The van der Waals surface area contributed by atoms with Gasteiger partial charge in [-0.1, -0.05) is 0 Å². The van der Waals surface area contributed by atoms with E-state index in [1.165, 1.54) is 12.4 Å². The molecule has 8 nitrogen and oxygen atoms in total. The number of hydrogen-bond acceptors (Lipinski definition) is 8. The van der Waals surface area contributed by atoms with Crippen molar-refractivity contribution in [1.29, 1.82) is 5.26 Å². The molecular formula is C16H20N8. The fraction of sp³-hybridized carbons (Fsp3) is 0.438. The van der Waals surface area contributed by atoms with Gasteiger partial charge < -0.3 is 15.1 Å². The molecule has 0 aromatic carbocycles. The summed E-state index contributed by atoms with van der Waals surface area (Å²) in [6.07, 6.45) is 6.98. The van der Waals surface area contributed by atoms with Gasteiger partial charge in [0.2, 0.25) is 0 Å². The van der Waals surface area contributed by atoms with Crippen molar-refractivity contribution in [2.45, 2.75) is 18.9 Å². The molecule has 24 heavy (non-hydrogen) atoms. The Morgan fingerprint density at radius 2 is 2.00 bits per heavy atom. The second-order valence-corrected chi connectivity index (χ2v) is 5.97. The highest BCUT2D eigenvalue weighted by molar-refractivity contribution is 5.57. The molecule has 3 rings (SSSR count). The van der Waals surface area contributed by atoms with Crippen LogP contribution in [-0.2, 0) is 0 Å². The van der Waals surface area contributed by atoms with E-state index in [4.69, 9.17) is 5.26 Å². The van der Waals surface area contributed by atoms with E-state index in [-0.39, 0.29) is 5.69 Å². The summed E-state index contributed by atoms with van der Waals surface area (Å²) in [5.74, 6) is 1.13. The zero-order valence-corrected chi connectivity index (χ0v) is 13.8. The maximum atomic E-state index is 8.75. The van der Waals surface area contributed by atoms with E-state index in [0.29, 0.717) is 17.7 Å². The van der Waals surface area contributed by atoms with Crippen molar-refractivity contribution in [1.82, 2.24) is 25.1 Å².